The molecule has 0 N–H and O–H groups in total. The Labute approximate surface area is 89.6 Å². The van der Waals surface area contributed by atoms with Gasteiger partial charge in [0, 0.05) is 12.0 Å². The van der Waals surface area contributed by atoms with E-state index < -0.39 is 0 Å². The van der Waals surface area contributed by atoms with Crippen LogP contribution in [-0.2, 0) is 4.79 Å². The van der Waals surface area contributed by atoms with Crippen molar-refractivity contribution in [3.8, 4) is 5.75 Å². The lowest BCUT2D eigenvalue weighted by Crippen LogP contribution is -1.95. The van der Waals surface area contributed by atoms with Crippen LogP contribution >= 0.6 is 0 Å². The normalized spacial score (nSPS) is 16.0. The van der Waals surface area contributed by atoms with Crippen molar-refractivity contribution in [2.45, 2.75) is 19.8 Å². The third-order valence-electron chi connectivity index (χ3n) is 2.81. The van der Waals surface area contributed by atoms with Gasteiger partial charge in [-0.25, -0.2) is 0 Å². The number of carbonyl (C=O) groups is 1. The fraction of sp³-hybridized carbons (Fsp3) is 0.308. The highest BCUT2D eigenvalue weighted by molar-refractivity contribution is 6.23. The lowest BCUT2D eigenvalue weighted by Gasteiger charge is -2.04. The lowest BCUT2D eigenvalue weighted by molar-refractivity contribution is -0.113. The van der Waals surface area contributed by atoms with Crippen molar-refractivity contribution >= 4 is 11.4 Å². The number of allylic oxidation sites excluding steroid dienone is 2. The standard InChI is InChI=1S/C13H14O2/c1-9-3-8-12(14)13(9)10-4-6-11(15-2)7-5-10/h4-7H,3,8H2,1-2H3. The molecule has 0 radical (unpaired) electrons. The van der Waals surface area contributed by atoms with E-state index in [4.69, 9.17) is 4.74 Å². The number of methoxy groups -OCH3 is 1. The number of hydrogen-bond acceptors (Lipinski definition) is 2. The molecule has 1 aliphatic carbocycles. The number of ether oxygens (including phenoxy) is 1. The number of carbonyl (C=O) groups excluding carboxylic acids is 1. The molecule has 78 valence electrons. The summed E-state index contributed by atoms with van der Waals surface area (Å²) in [5, 5.41) is 0. The Balaban J connectivity index is 2.37. The van der Waals surface area contributed by atoms with Crippen LogP contribution in [0.5, 0.6) is 5.75 Å². The van der Waals surface area contributed by atoms with Gasteiger partial charge < -0.3 is 4.74 Å². The van der Waals surface area contributed by atoms with E-state index in [1.165, 1.54) is 5.57 Å². The van der Waals surface area contributed by atoms with Crippen molar-refractivity contribution in [3.05, 3.63) is 35.4 Å². The van der Waals surface area contributed by atoms with E-state index in [1.807, 2.05) is 31.2 Å². The molecule has 0 unspecified atom stereocenters. The van der Waals surface area contributed by atoms with Crippen molar-refractivity contribution in [3.63, 3.8) is 0 Å². The smallest absolute Gasteiger partial charge is 0.163 e. The molecule has 1 aliphatic rings. The largest absolute Gasteiger partial charge is 0.497 e. The van der Waals surface area contributed by atoms with E-state index in [9.17, 15) is 4.79 Å². The molecule has 0 spiro atoms. The first-order valence-corrected chi connectivity index (χ1v) is 5.09. The van der Waals surface area contributed by atoms with Gasteiger partial charge in [0.2, 0.25) is 0 Å². The van der Waals surface area contributed by atoms with Gasteiger partial charge in [-0.15, -0.1) is 0 Å². The van der Waals surface area contributed by atoms with Gasteiger partial charge in [-0.2, -0.15) is 0 Å². The molecular weight excluding hydrogens is 188 g/mol. The minimum absolute atomic E-state index is 0.262. The predicted molar refractivity (Wildman–Crippen MR) is 59.8 cm³/mol. The number of ketones is 1. The second-order valence-corrected chi connectivity index (χ2v) is 3.81. The zero-order valence-electron chi connectivity index (χ0n) is 9.04. The van der Waals surface area contributed by atoms with E-state index in [0.29, 0.717) is 6.42 Å². The minimum atomic E-state index is 0.262. The average molecular weight is 202 g/mol. The van der Waals surface area contributed by atoms with E-state index in [2.05, 4.69) is 0 Å². The summed E-state index contributed by atoms with van der Waals surface area (Å²) in [5.41, 5.74) is 3.11. The molecule has 1 aromatic carbocycles. The molecule has 2 rings (SSSR count). The molecular formula is C13H14O2. The first-order chi connectivity index (χ1) is 7.22. The number of rotatable bonds is 2. The van der Waals surface area contributed by atoms with Crippen LogP contribution in [0.1, 0.15) is 25.3 Å². The fourth-order valence-corrected chi connectivity index (χ4v) is 1.95. The summed E-state index contributed by atoms with van der Waals surface area (Å²) in [5.74, 6) is 1.08. The molecule has 1 aromatic rings. The Morgan fingerprint density at radius 3 is 2.27 bits per heavy atom. The quantitative estimate of drug-likeness (QED) is 0.737. The van der Waals surface area contributed by atoms with Crippen molar-refractivity contribution in [2.75, 3.05) is 7.11 Å². The van der Waals surface area contributed by atoms with Crippen LogP contribution in [0.2, 0.25) is 0 Å². The number of hydrogen-bond donors (Lipinski definition) is 0. The van der Waals surface area contributed by atoms with Gasteiger partial charge >= 0.3 is 0 Å². The molecule has 0 saturated carbocycles. The Hall–Kier alpha value is -1.57. The zero-order valence-corrected chi connectivity index (χ0v) is 9.04. The second-order valence-electron chi connectivity index (χ2n) is 3.81. The Morgan fingerprint density at radius 1 is 1.13 bits per heavy atom. The number of Topliss-reactive ketones (excluding diaryl/α,β-unsaturated/α-hetero) is 1. The van der Waals surface area contributed by atoms with Crippen molar-refractivity contribution in [1.29, 1.82) is 0 Å². The molecule has 0 aliphatic heterocycles. The fourth-order valence-electron chi connectivity index (χ4n) is 1.95. The van der Waals surface area contributed by atoms with Crippen LogP contribution in [0.4, 0.5) is 0 Å². The summed E-state index contributed by atoms with van der Waals surface area (Å²) in [4.78, 5) is 11.7. The van der Waals surface area contributed by atoms with Gasteiger partial charge in [0.15, 0.2) is 5.78 Å². The molecule has 0 heterocycles. The van der Waals surface area contributed by atoms with Crippen molar-refractivity contribution in [2.24, 2.45) is 0 Å². The highest BCUT2D eigenvalue weighted by Crippen LogP contribution is 2.31. The van der Waals surface area contributed by atoms with Gasteiger partial charge in [0.1, 0.15) is 5.75 Å². The first-order valence-electron chi connectivity index (χ1n) is 5.09. The van der Waals surface area contributed by atoms with Crippen LogP contribution in [0, 0.1) is 0 Å². The maximum atomic E-state index is 11.7. The molecule has 0 saturated heterocycles. The van der Waals surface area contributed by atoms with Gasteiger partial charge in [0.05, 0.1) is 7.11 Å². The third kappa shape index (κ3) is 1.80. The first kappa shape index (κ1) is 9.97. The van der Waals surface area contributed by atoms with Gasteiger partial charge in [-0.3, -0.25) is 4.79 Å². The van der Waals surface area contributed by atoms with Gasteiger partial charge in [-0.1, -0.05) is 17.7 Å². The number of benzene rings is 1. The SMILES string of the molecule is COc1ccc(C2=C(C)CCC2=O)cc1. The van der Waals surface area contributed by atoms with E-state index in [-0.39, 0.29) is 5.78 Å². The third-order valence-corrected chi connectivity index (χ3v) is 2.81. The van der Waals surface area contributed by atoms with Crippen molar-refractivity contribution in [1.82, 2.24) is 0 Å². The van der Waals surface area contributed by atoms with Crippen LogP contribution < -0.4 is 4.74 Å². The van der Waals surface area contributed by atoms with E-state index in [1.54, 1.807) is 7.11 Å². The van der Waals surface area contributed by atoms with Gasteiger partial charge in [-0.05, 0) is 31.0 Å². The lowest BCUT2D eigenvalue weighted by atomic mass is 10.0. The maximum absolute atomic E-state index is 11.7. The second kappa shape index (κ2) is 3.89. The van der Waals surface area contributed by atoms with Crippen LogP contribution in [0.15, 0.2) is 29.8 Å². The topological polar surface area (TPSA) is 26.3 Å². The van der Waals surface area contributed by atoms with E-state index >= 15 is 0 Å². The van der Waals surface area contributed by atoms with Crippen LogP contribution in [-0.4, -0.2) is 12.9 Å². The summed E-state index contributed by atoms with van der Waals surface area (Å²) >= 11 is 0. The molecule has 2 nitrogen and oxygen atoms in total. The van der Waals surface area contributed by atoms with Crippen molar-refractivity contribution < 1.29 is 9.53 Å². The van der Waals surface area contributed by atoms with Crippen LogP contribution in [0.3, 0.4) is 0 Å². The Kier molecular flexibility index (Phi) is 2.58. The Bertz CT molecular complexity index is 413. The molecule has 0 amide bonds. The molecule has 0 bridgehead atoms. The Morgan fingerprint density at radius 2 is 1.80 bits per heavy atom. The average Bonchev–Trinajstić information content (AvgIpc) is 2.59. The van der Waals surface area contributed by atoms with Crippen LogP contribution in [0.25, 0.3) is 5.57 Å². The summed E-state index contributed by atoms with van der Waals surface area (Å²) in [6, 6.07) is 7.67. The predicted octanol–water partition coefficient (Wildman–Crippen LogP) is 2.83. The zero-order chi connectivity index (χ0) is 10.8. The maximum Gasteiger partial charge on any atom is 0.163 e. The minimum Gasteiger partial charge on any atom is -0.497 e. The summed E-state index contributed by atoms with van der Waals surface area (Å²) in [7, 11) is 1.64. The summed E-state index contributed by atoms with van der Waals surface area (Å²) in [6.07, 6.45) is 1.56. The molecule has 0 aromatic heterocycles. The summed E-state index contributed by atoms with van der Waals surface area (Å²) in [6.45, 7) is 2.03. The highest BCUT2D eigenvalue weighted by atomic mass is 16.5. The molecule has 0 atom stereocenters. The monoisotopic (exact) mass is 202 g/mol. The highest BCUT2D eigenvalue weighted by Gasteiger charge is 2.21. The van der Waals surface area contributed by atoms with E-state index in [0.717, 1.165) is 23.3 Å². The molecule has 15 heavy (non-hydrogen) atoms. The molecule has 0 fully saturated rings. The van der Waals surface area contributed by atoms with Gasteiger partial charge in [0.25, 0.3) is 0 Å². The molecule has 2 heteroatoms. The summed E-state index contributed by atoms with van der Waals surface area (Å²) < 4.78 is 5.08.